The van der Waals surface area contributed by atoms with E-state index < -0.39 is 6.10 Å². The standard InChI is InChI=1S/C23H29NO3/c1-16-8-4-5-10-18(16)19-15-20(19)23(26)24-12-6-2-3-9-17(24)14-21(25)22-11-7-13-27-22/h4-5,7-8,10-11,13,17,19-21,25H,2-3,6,9,12,14-15H2,1H3/t17-,19+,20+,21+/m1/s1. The fraction of sp³-hybridized carbons (Fsp3) is 0.522. The molecule has 144 valence electrons. The first-order valence-electron chi connectivity index (χ1n) is 10.2. The molecule has 2 heterocycles. The van der Waals surface area contributed by atoms with E-state index in [0.717, 1.165) is 38.6 Å². The van der Waals surface area contributed by atoms with Gasteiger partial charge < -0.3 is 14.4 Å². The minimum Gasteiger partial charge on any atom is -0.467 e. The molecule has 27 heavy (non-hydrogen) atoms. The van der Waals surface area contributed by atoms with Gasteiger partial charge in [0.25, 0.3) is 0 Å². The number of carbonyl (C=O) groups is 1. The van der Waals surface area contributed by atoms with E-state index in [1.54, 1.807) is 12.3 Å². The number of aryl methyl sites for hydroxylation is 1. The number of rotatable bonds is 5. The summed E-state index contributed by atoms with van der Waals surface area (Å²) in [7, 11) is 0. The first-order chi connectivity index (χ1) is 13.1. The number of benzene rings is 1. The third-order valence-corrected chi connectivity index (χ3v) is 6.22. The van der Waals surface area contributed by atoms with Crippen molar-refractivity contribution in [3.8, 4) is 0 Å². The smallest absolute Gasteiger partial charge is 0.226 e. The van der Waals surface area contributed by atoms with E-state index in [1.165, 1.54) is 11.1 Å². The van der Waals surface area contributed by atoms with E-state index in [-0.39, 0.29) is 17.9 Å². The van der Waals surface area contributed by atoms with Gasteiger partial charge in [-0.15, -0.1) is 0 Å². The molecule has 0 unspecified atom stereocenters. The molecule has 0 spiro atoms. The minimum absolute atomic E-state index is 0.0956. The van der Waals surface area contributed by atoms with Crippen LogP contribution in [0.2, 0.25) is 0 Å². The van der Waals surface area contributed by atoms with Gasteiger partial charge in [-0.25, -0.2) is 0 Å². The molecule has 0 radical (unpaired) electrons. The van der Waals surface area contributed by atoms with Gasteiger partial charge in [0.05, 0.1) is 6.26 Å². The monoisotopic (exact) mass is 367 g/mol. The van der Waals surface area contributed by atoms with Gasteiger partial charge in [0.15, 0.2) is 0 Å². The second-order valence-electron chi connectivity index (χ2n) is 8.11. The van der Waals surface area contributed by atoms with Gasteiger partial charge in [0, 0.05) is 24.9 Å². The van der Waals surface area contributed by atoms with E-state index in [0.29, 0.717) is 18.1 Å². The molecule has 4 nitrogen and oxygen atoms in total. The molecule has 4 atom stereocenters. The zero-order chi connectivity index (χ0) is 18.8. The van der Waals surface area contributed by atoms with Crippen molar-refractivity contribution in [2.24, 2.45) is 5.92 Å². The molecule has 2 fully saturated rings. The molecule has 1 aromatic carbocycles. The van der Waals surface area contributed by atoms with Crippen LogP contribution in [0.25, 0.3) is 0 Å². The van der Waals surface area contributed by atoms with Crippen LogP contribution in [-0.4, -0.2) is 28.5 Å². The van der Waals surface area contributed by atoms with Crippen molar-refractivity contribution in [1.29, 1.82) is 0 Å². The summed E-state index contributed by atoms with van der Waals surface area (Å²) in [4.78, 5) is 15.4. The largest absolute Gasteiger partial charge is 0.467 e. The summed E-state index contributed by atoms with van der Waals surface area (Å²) in [5.74, 6) is 1.34. The van der Waals surface area contributed by atoms with Crippen molar-refractivity contribution in [2.75, 3.05) is 6.54 Å². The Bertz CT molecular complexity index is 770. The number of carbonyl (C=O) groups excluding carboxylic acids is 1. The van der Waals surface area contributed by atoms with Crippen molar-refractivity contribution < 1.29 is 14.3 Å². The molecular weight excluding hydrogens is 338 g/mol. The fourth-order valence-electron chi connectivity index (χ4n) is 4.59. The van der Waals surface area contributed by atoms with Crippen LogP contribution in [0.3, 0.4) is 0 Å². The second-order valence-corrected chi connectivity index (χ2v) is 8.11. The number of aliphatic hydroxyl groups is 1. The molecular formula is C23H29NO3. The van der Waals surface area contributed by atoms with Crippen LogP contribution < -0.4 is 0 Å². The first kappa shape index (κ1) is 18.3. The Balaban J connectivity index is 1.46. The van der Waals surface area contributed by atoms with Crippen molar-refractivity contribution in [3.63, 3.8) is 0 Å². The van der Waals surface area contributed by atoms with Crippen LogP contribution in [0.1, 0.15) is 67.4 Å². The van der Waals surface area contributed by atoms with Gasteiger partial charge in [-0.1, -0.05) is 37.1 Å². The lowest BCUT2D eigenvalue weighted by Crippen LogP contribution is -2.42. The molecule has 4 heteroatoms. The number of likely N-dealkylation sites (tertiary alicyclic amines) is 1. The van der Waals surface area contributed by atoms with E-state index >= 15 is 0 Å². The predicted molar refractivity (Wildman–Crippen MR) is 104 cm³/mol. The van der Waals surface area contributed by atoms with Gasteiger partial charge in [-0.3, -0.25) is 4.79 Å². The number of furan rings is 1. The summed E-state index contributed by atoms with van der Waals surface area (Å²) in [5.41, 5.74) is 2.59. The van der Waals surface area contributed by atoms with Crippen molar-refractivity contribution in [3.05, 3.63) is 59.5 Å². The quantitative estimate of drug-likeness (QED) is 0.841. The molecule has 1 aromatic heterocycles. The molecule has 1 N–H and O–H groups in total. The normalized spacial score (nSPS) is 26.4. The van der Waals surface area contributed by atoms with Crippen LogP contribution in [0, 0.1) is 12.8 Å². The van der Waals surface area contributed by atoms with E-state index in [2.05, 4.69) is 36.1 Å². The van der Waals surface area contributed by atoms with Gasteiger partial charge in [-0.05, 0) is 55.4 Å². The van der Waals surface area contributed by atoms with Crippen molar-refractivity contribution in [1.82, 2.24) is 4.90 Å². The Morgan fingerprint density at radius 3 is 2.85 bits per heavy atom. The zero-order valence-electron chi connectivity index (χ0n) is 16.0. The van der Waals surface area contributed by atoms with E-state index in [1.807, 2.05) is 6.07 Å². The van der Waals surface area contributed by atoms with Gasteiger partial charge in [0.2, 0.25) is 5.91 Å². The van der Waals surface area contributed by atoms with Crippen LogP contribution in [0.5, 0.6) is 0 Å². The lowest BCUT2D eigenvalue weighted by molar-refractivity contribution is -0.135. The number of nitrogens with zero attached hydrogens (tertiary/aromatic N) is 1. The van der Waals surface area contributed by atoms with Crippen LogP contribution in [0.4, 0.5) is 0 Å². The van der Waals surface area contributed by atoms with Crippen LogP contribution in [-0.2, 0) is 4.79 Å². The highest BCUT2D eigenvalue weighted by molar-refractivity contribution is 5.83. The maximum atomic E-state index is 13.3. The molecule has 4 rings (SSSR count). The number of amides is 1. The van der Waals surface area contributed by atoms with Gasteiger partial charge in [0.1, 0.15) is 11.9 Å². The summed E-state index contributed by atoms with van der Waals surface area (Å²) in [6.07, 6.45) is 6.74. The SMILES string of the molecule is Cc1ccccc1[C@@H]1C[C@@H]1C(=O)N1CCCCC[C@@H]1C[C@H](O)c1ccco1. The Hall–Kier alpha value is -2.07. The average Bonchev–Trinajstić information content (AvgIpc) is 3.33. The summed E-state index contributed by atoms with van der Waals surface area (Å²) in [6.45, 7) is 2.94. The highest BCUT2D eigenvalue weighted by atomic mass is 16.4. The highest BCUT2D eigenvalue weighted by Crippen LogP contribution is 2.50. The van der Waals surface area contributed by atoms with Crippen molar-refractivity contribution in [2.45, 2.75) is 63.5 Å². The number of aliphatic hydroxyl groups excluding tert-OH is 1. The lowest BCUT2D eigenvalue weighted by Gasteiger charge is -2.31. The molecule has 2 aromatic rings. The van der Waals surface area contributed by atoms with Crippen LogP contribution in [0.15, 0.2) is 47.1 Å². The Morgan fingerprint density at radius 1 is 1.22 bits per heavy atom. The zero-order valence-corrected chi connectivity index (χ0v) is 16.0. The Labute approximate surface area is 161 Å². The summed E-state index contributed by atoms with van der Waals surface area (Å²) in [6, 6.07) is 12.1. The van der Waals surface area contributed by atoms with E-state index in [9.17, 15) is 9.90 Å². The molecule has 1 saturated heterocycles. The summed E-state index contributed by atoms with van der Waals surface area (Å²) < 4.78 is 5.36. The maximum Gasteiger partial charge on any atom is 0.226 e. The maximum absolute atomic E-state index is 13.3. The second kappa shape index (κ2) is 7.89. The number of hydrogen-bond acceptors (Lipinski definition) is 3. The molecule has 1 aliphatic carbocycles. The topological polar surface area (TPSA) is 53.7 Å². The van der Waals surface area contributed by atoms with Gasteiger partial charge in [-0.2, -0.15) is 0 Å². The Kier molecular flexibility index (Phi) is 5.35. The molecule has 2 aliphatic rings. The molecule has 1 amide bonds. The van der Waals surface area contributed by atoms with Crippen molar-refractivity contribution >= 4 is 5.91 Å². The van der Waals surface area contributed by atoms with Gasteiger partial charge >= 0.3 is 0 Å². The Morgan fingerprint density at radius 2 is 2.07 bits per heavy atom. The first-order valence-corrected chi connectivity index (χ1v) is 10.2. The fourth-order valence-corrected chi connectivity index (χ4v) is 4.59. The van der Waals surface area contributed by atoms with Crippen LogP contribution >= 0.6 is 0 Å². The molecule has 1 aliphatic heterocycles. The lowest BCUT2D eigenvalue weighted by atomic mass is 10.00. The summed E-state index contributed by atoms with van der Waals surface area (Å²) in [5, 5.41) is 10.5. The van der Waals surface area contributed by atoms with E-state index in [4.69, 9.17) is 4.42 Å². The third-order valence-electron chi connectivity index (χ3n) is 6.22. The minimum atomic E-state index is -0.648. The molecule has 1 saturated carbocycles. The summed E-state index contributed by atoms with van der Waals surface area (Å²) >= 11 is 0. The third kappa shape index (κ3) is 3.96. The highest BCUT2D eigenvalue weighted by Gasteiger charge is 2.47. The molecule has 0 bridgehead atoms. The predicted octanol–water partition coefficient (Wildman–Crippen LogP) is 4.59. The number of hydrogen-bond donors (Lipinski definition) is 1. The average molecular weight is 367 g/mol.